The van der Waals surface area contributed by atoms with Crippen molar-refractivity contribution in [3.8, 4) is 0 Å². The first kappa shape index (κ1) is 8.34. The Morgan fingerprint density at radius 3 is 2.83 bits per heavy atom. The van der Waals surface area contributed by atoms with Crippen LogP contribution < -0.4 is 0 Å². The van der Waals surface area contributed by atoms with Crippen molar-refractivity contribution >= 4 is 49.2 Å². The van der Waals surface area contributed by atoms with E-state index >= 15 is 0 Å². The molecule has 0 aromatic carbocycles. The number of aromatic nitrogens is 3. The maximum absolute atomic E-state index is 5.67. The average Bonchev–Trinajstić information content (AvgIpc) is 2.29. The molecule has 0 atom stereocenters. The van der Waals surface area contributed by atoms with E-state index in [1.807, 2.05) is 6.92 Å². The second-order valence-electron chi connectivity index (χ2n) is 2.20. The summed E-state index contributed by atoms with van der Waals surface area (Å²) in [5.41, 5.74) is 1.63. The summed E-state index contributed by atoms with van der Waals surface area (Å²) in [5, 5.41) is 0.274. The molecule has 3 nitrogen and oxygen atoms in total. The fourth-order valence-corrected chi connectivity index (χ4v) is 2.52. The fraction of sp³-hybridized carbons (Fsp3) is 0.167. The Kier molecular flexibility index (Phi) is 2.02. The standard InChI is InChI=1S/C6H3BrClN3S/c1-2-3-4(11-6(8)9-2)12-5(7)10-3/h1H3. The van der Waals surface area contributed by atoms with Crippen LogP contribution in [0.25, 0.3) is 10.3 Å². The summed E-state index contributed by atoms with van der Waals surface area (Å²) < 4.78 is 0.803. The summed E-state index contributed by atoms with van der Waals surface area (Å²) >= 11 is 10.4. The third-order valence-electron chi connectivity index (χ3n) is 1.38. The second kappa shape index (κ2) is 2.90. The monoisotopic (exact) mass is 263 g/mol. The van der Waals surface area contributed by atoms with Gasteiger partial charge < -0.3 is 0 Å². The van der Waals surface area contributed by atoms with E-state index < -0.39 is 0 Å². The van der Waals surface area contributed by atoms with Crippen molar-refractivity contribution in [1.29, 1.82) is 0 Å². The Balaban J connectivity index is 2.88. The highest BCUT2D eigenvalue weighted by Gasteiger charge is 2.07. The zero-order chi connectivity index (χ0) is 8.72. The number of nitrogens with zero attached hydrogens (tertiary/aromatic N) is 3. The van der Waals surface area contributed by atoms with E-state index in [1.165, 1.54) is 11.3 Å². The zero-order valence-electron chi connectivity index (χ0n) is 6.01. The fourth-order valence-electron chi connectivity index (χ4n) is 0.898. The van der Waals surface area contributed by atoms with Crippen molar-refractivity contribution in [3.05, 3.63) is 14.9 Å². The third-order valence-corrected chi connectivity index (χ3v) is 2.95. The Hall–Kier alpha value is -0.260. The minimum atomic E-state index is 0.274. The second-order valence-corrected chi connectivity index (χ2v) is 4.79. The third kappa shape index (κ3) is 1.32. The van der Waals surface area contributed by atoms with Gasteiger partial charge in [0.2, 0.25) is 5.28 Å². The highest BCUT2D eigenvalue weighted by Crippen LogP contribution is 2.26. The highest BCUT2D eigenvalue weighted by molar-refractivity contribution is 9.11. The normalized spacial score (nSPS) is 10.9. The largest absolute Gasteiger partial charge is 0.225 e. The van der Waals surface area contributed by atoms with Crippen LogP contribution in [0.2, 0.25) is 5.28 Å². The van der Waals surface area contributed by atoms with Gasteiger partial charge in [-0.05, 0) is 34.5 Å². The van der Waals surface area contributed by atoms with Gasteiger partial charge in [-0.25, -0.2) is 15.0 Å². The number of thiazole rings is 1. The molecule has 0 unspecified atom stereocenters. The lowest BCUT2D eigenvalue weighted by molar-refractivity contribution is 1.14. The van der Waals surface area contributed by atoms with Crippen molar-refractivity contribution in [2.45, 2.75) is 6.92 Å². The Morgan fingerprint density at radius 2 is 2.08 bits per heavy atom. The summed E-state index contributed by atoms with van der Waals surface area (Å²) in [6.07, 6.45) is 0. The van der Waals surface area contributed by atoms with E-state index in [4.69, 9.17) is 11.6 Å². The predicted octanol–water partition coefficient (Wildman–Crippen LogP) is 2.81. The molecule has 0 bridgehead atoms. The van der Waals surface area contributed by atoms with Gasteiger partial charge in [0.05, 0.1) is 5.69 Å². The van der Waals surface area contributed by atoms with Crippen LogP contribution in [-0.4, -0.2) is 15.0 Å². The molecule has 0 radical (unpaired) electrons. The lowest BCUT2D eigenvalue weighted by Gasteiger charge is -1.92. The SMILES string of the molecule is Cc1nc(Cl)nc2sc(Br)nc12. The molecule has 62 valence electrons. The molecule has 0 aliphatic heterocycles. The molecular weight excluding hydrogens is 262 g/mol. The highest BCUT2D eigenvalue weighted by atomic mass is 79.9. The lowest BCUT2D eigenvalue weighted by atomic mass is 10.4. The van der Waals surface area contributed by atoms with Gasteiger partial charge >= 0.3 is 0 Å². The summed E-state index contributed by atoms with van der Waals surface area (Å²) in [6, 6.07) is 0. The lowest BCUT2D eigenvalue weighted by Crippen LogP contribution is -1.86. The number of hydrogen-bond acceptors (Lipinski definition) is 4. The van der Waals surface area contributed by atoms with Crippen LogP contribution in [0.15, 0.2) is 3.92 Å². The van der Waals surface area contributed by atoms with Crippen molar-refractivity contribution in [2.24, 2.45) is 0 Å². The van der Waals surface area contributed by atoms with Crippen LogP contribution >= 0.6 is 38.9 Å². The quantitative estimate of drug-likeness (QED) is 0.687. The van der Waals surface area contributed by atoms with Gasteiger partial charge in [-0.3, -0.25) is 0 Å². The van der Waals surface area contributed by atoms with E-state index in [0.717, 1.165) is 20.0 Å². The van der Waals surface area contributed by atoms with E-state index in [0.29, 0.717) is 0 Å². The van der Waals surface area contributed by atoms with Gasteiger partial charge in [0, 0.05) is 0 Å². The van der Waals surface area contributed by atoms with E-state index in [-0.39, 0.29) is 5.28 Å². The van der Waals surface area contributed by atoms with Crippen molar-refractivity contribution in [3.63, 3.8) is 0 Å². The van der Waals surface area contributed by atoms with Gasteiger partial charge in [-0.15, -0.1) is 0 Å². The molecule has 0 aliphatic carbocycles. The van der Waals surface area contributed by atoms with Crippen molar-refractivity contribution in [1.82, 2.24) is 15.0 Å². The van der Waals surface area contributed by atoms with Crippen LogP contribution in [0.4, 0.5) is 0 Å². The first-order valence-corrected chi connectivity index (χ1v) is 5.12. The van der Waals surface area contributed by atoms with E-state index in [9.17, 15) is 0 Å². The molecule has 2 heterocycles. The van der Waals surface area contributed by atoms with Crippen LogP contribution in [0.1, 0.15) is 5.69 Å². The molecule has 0 aliphatic rings. The molecule has 0 fully saturated rings. The molecule has 0 saturated carbocycles. The molecule has 0 saturated heterocycles. The minimum Gasteiger partial charge on any atom is -0.225 e. The van der Waals surface area contributed by atoms with Crippen molar-refractivity contribution < 1.29 is 0 Å². The van der Waals surface area contributed by atoms with E-state index in [2.05, 4.69) is 30.9 Å². The first-order valence-electron chi connectivity index (χ1n) is 3.13. The summed E-state index contributed by atoms with van der Waals surface area (Å²) in [5.74, 6) is 0. The van der Waals surface area contributed by atoms with Gasteiger partial charge in [0.1, 0.15) is 10.3 Å². The molecular formula is C6H3BrClN3S. The minimum absolute atomic E-state index is 0.274. The maximum atomic E-state index is 5.67. The summed E-state index contributed by atoms with van der Waals surface area (Å²) in [7, 11) is 0. The maximum Gasteiger partial charge on any atom is 0.224 e. The Labute approximate surface area is 85.9 Å². The average molecular weight is 265 g/mol. The van der Waals surface area contributed by atoms with Gasteiger partial charge in [0.15, 0.2) is 3.92 Å². The number of hydrogen-bond donors (Lipinski definition) is 0. The van der Waals surface area contributed by atoms with Gasteiger partial charge in [-0.2, -0.15) is 0 Å². The molecule has 2 aromatic heterocycles. The number of aryl methyl sites for hydroxylation is 1. The zero-order valence-corrected chi connectivity index (χ0v) is 9.16. The Morgan fingerprint density at radius 1 is 1.33 bits per heavy atom. The smallest absolute Gasteiger partial charge is 0.224 e. The van der Waals surface area contributed by atoms with Gasteiger partial charge in [-0.1, -0.05) is 11.3 Å². The number of halogens is 2. The van der Waals surface area contributed by atoms with Crippen LogP contribution in [0.5, 0.6) is 0 Å². The number of fused-ring (bicyclic) bond motifs is 1. The molecule has 6 heteroatoms. The first-order chi connectivity index (χ1) is 5.66. The van der Waals surface area contributed by atoms with Gasteiger partial charge in [0.25, 0.3) is 0 Å². The summed E-state index contributed by atoms with van der Waals surface area (Å²) in [6.45, 7) is 1.86. The number of rotatable bonds is 0. The topological polar surface area (TPSA) is 38.7 Å². The summed E-state index contributed by atoms with van der Waals surface area (Å²) in [4.78, 5) is 13.1. The van der Waals surface area contributed by atoms with Crippen molar-refractivity contribution in [2.75, 3.05) is 0 Å². The molecule has 2 aromatic rings. The van der Waals surface area contributed by atoms with Crippen LogP contribution in [-0.2, 0) is 0 Å². The molecule has 2 rings (SSSR count). The van der Waals surface area contributed by atoms with Crippen LogP contribution in [0.3, 0.4) is 0 Å². The molecule has 0 spiro atoms. The predicted molar refractivity (Wildman–Crippen MR) is 52.7 cm³/mol. The Bertz CT molecular complexity index is 442. The molecule has 12 heavy (non-hydrogen) atoms. The molecule has 0 N–H and O–H groups in total. The molecule has 0 amide bonds. The van der Waals surface area contributed by atoms with Crippen LogP contribution in [0, 0.1) is 6.92 Å². The van der Waals surface area contributed by atoms with E-state index in [1.54, 1.807) is 0 Å².